The van der Waals surface area contributed by atoms with Crippen molar-refractivity contribution in [2.45, 2.75) is 6.92 Å². The smallest absolute Gasteiger partial charge is 0.283 e. The Hall–Kier alpha value is -2.73. The zero-order valence-electron chi connectivity index (χ0n) is 11.9. The van der Waals surface area contributed by atoms with Crippen molar-refractivity contribution >= 4 is 46.1 Å². The van der Waals surface area contributed by atoms with Gasteiger partial charge >= 0.3 is 0 Å². The van der Waals surface area contributed by atoms with Crippen LogP contribution in [-0.4, -0.2) is 16.8 Å². The standard InChI is InChI=1S/C16H15N3O2S/c1-11(20)17-13-7-9-14(10-8-13)19-16(22)15(21)18-12-5-3-2-4-6-12/h2-10H,1H3,(H,17,20)(H,18,21)(H,19,22). The maximum atomic E-state index is 12.0. The van der Waals surface area contributed by atoms with E-state index in [-0.39, 0.29) is 16.8 Å². The van der Waals surface area contributed by atoms with Gasteiger partial charge in [0.2, 0.25) is 5.91 Å². The molecule has 0 atom stereocenters. The van der Waals surface area contributed by atoms with Gasteiger partial charge in [0.05, 0.1) is 0 Å². The molecule has 0 aliphatic rings. The topological polar surface area (TPSA) is 70.2 Å². The van der Waals surface area contributed by atoms with Gasteiger partial charge in [-0.25, -0.2) is 0 Å². The van der Waals surface area contributed by atoms with Crippen LogP contribution < -0.4 is 16.0 Å². The molecule has 0 aliphatic carbocycles. The van der Waals surface area contributed by atoms with Gasteiger partial charge in [-0.15, -0.1) is 0 Å². The van der Waals surface area contributed by atoms with Crippen LogP contribution in [0.2, 0.25) is 0 Å². The highest BCUT2D eigenvalue weighted by molar-refractivity contribution is 7.82. The number of carbonyl (C=O) groups is 2. The normalized spacial score (nSPS) is 9.68. The molecule has 112 valence electrons. The third-order valence-corrected chi connectivity index (χ3v) is 2.99. The van der Waals surface area contributed by atoms with E-state index in [0.717, 1.165) is 0 Å². The second-order valence-corrected chi connectivity index (χ2v) is 4.94. The van der Waals surface area contributed by atoms with E-state index in [2.05, 4.69) is 16.0 Å². The Labute approximate surface area is 133 Å². The monoisotopic (exact) mass is 313 g/mol. The quantitative estimate of drug-likeness (QED) is 0.762. The molecular weight excluding hydrogens is 298 g/mol. The van der Waals surface area contributed by atoms with Gasteiger partial charge in [-0.05, 0) is 36.4 Å². The van der Waals surface area contributed by atoms with Crippen molar-refractivity contribution in [3.8, 4) is 0 Å². The maximum absolute atomic E-state index is 12.0. The lowest BCUT2D eigenvalue weighted by Crippen LogP contribution is -2.27. The van der Waals surface area contributed by atoms with Crippen LogP contribution in [0.3, 0.4) is 0 Å². The molecule has 5 nitrogen and oxygen atoms in total. The number of thiocarbonyl (C=S) groups is 1. The lowest BCUT2D eigenvalue weighted by atomic mass is 10.2. The molecule has 3 N–H and O–H groups in total. The number of nitrogens with one attached hydrogen (secondary N) is 3. The van der Waals surface area contributed by atoms with E-state index in [4.69, 9.17) is 12.2 Å². The second kappa shape index (κ2) is 7.33. The van der Waals surface area contributed by atoms with Crippen LogP contribution in [0.15, 0.2) is 54.6 Å². The van der Waals surface area contributed by atoms with Crippen molar-refractivity contribution in [1.29, 1.82) is 0 Å². The van der Waals surface area contributed by atoms with E-state index in [9.17, 15) is 9.59 Å². The minimum absolute atomic E-state index is 0.0659. The molecular formula is C16H15N3O2S. The molecule has 0 spiro atoms. The summed E-state index contributed by atoms with van der Waals surface area (Å²) in [7, 11) is 0. The highest BCUT2D eigenvalue weighted by Gasteiger charge is 2.09. The van der Waals surface area contributed by atoms with Crippen LogP contribution in [0, 0.1) is 0 Å². The molecule has 0 radical (unpaired) electrons. The minimum Gasteiger partial charge on any atom is -0.342 e. The molecule has 2 amide bonds. The first kappa shape index (κ1) is 15.7. The van der Waals surface area contributed by atoms with Gasteiger partial charge in [0.15, 0.2) is 4.99 Å². The van der Waals surface area contributed by atoms with E-state index in [1.165, 1.54) is 6.92 Å². The summed E-state index contributed by atoms with van der Waals surface area (Å²) in [6, 6.07) is 16.0. The molecule has 0 fully saturated rings. The van der Waals surface area contributed by atoms with Gasteiger partial charge in [-0.2, -0.15) is 0 Å². The van der Waals surface area contributed by atoms with Gasteiger partial charge in [0.1, 0.15) is 0 Å². The molecule has 0 saturated carbocycles. The van der Waals surface area contributed by atoms with E-state index < -0.39 is 0 Å². The zero-order chi connectivity index (χ0) is 15.9. The van der Waals surface area contributed by atoms with Gasteiger partial charge in [0.25, 0.3) is 5.91 Å². The van der Waals surface area contributed by atoms with E-state index in [1.807, 2.05) is 18.2 Å². The van der Waals surface area contributed by atoms with Crippen molar-refractivity contribution in [1.82, 2.24) is 0 Å². The van der Waals surface area contributed by atoms with Crippen LogP contribution in [0.5, 0.6) is 0 Å². The molecule has 0 bridgehead atoms. The fourth-order valence-corrected chi connectivity index (χ4v) is 1.91. The largest absolute Gasteiger partial charge is 0.342 e. The summed E-state index contributed by atoms with van der Waals surface area (Å²) >= 11 is 5.07. The first-order chi connectivity index (χ1) is 10.5. The summed E-state index contributed by atoms with van der Waals surface area (Å²) in [5.74, 6) is -0.523. The Morgan fingerprint density at radius 1 is 0.773 bits per heavy atom. The van der Waals surface area contributed by atoms with Crippen molar-refractivity contribution in [3.05, 3.63) is 54.6 Å². The van der Waals surface area contributed by atoms with Crippen molar-refractivity contribution in [2.75, 3.05) is 16.0 Å². The molecule has 0 saturated heterocycles. The van der Waals surface area contributed by atoms with Crippen molar-refractivity contribution < 1.29 is 9.59 Å². The summed E-state index contributed by atoms with van der Waals surface area (Å²) in [6.45, 7) is 1.44. The number of para-hydroxylation sites is 1. The summed E-state index contributed by atoms with van der Waals surface area (Å²) in [4.78, 5) is 23.0. The fraction of sp³-hybridized carbons (Fsp3) is 0.0625. The first-order valence-corrected chi connectivity index (χ1v) is 7.00. The summed E-state index contributed by atoms with van der Waals surface area (Å²) in [6.07, 6.45) is 0. The molecule has 2 aromatic carbocycles. The number of rotatable bonds is 3. The predicted octanol–water partition coefficient (Wildman–Crippen LogP) is 3.02. The lowest BCUT2D eigenvalue weighted by Gasteiger charge is -2.09. The van der Waals surface area contributed by atoms with E-state index in [0.29, 0.717) is 17.1 Å². The summed E-state index contributed by atoms with van der Waals surface area (Å²) < 4.78 is 0. The summed E-state index contributed by atoms with van der Waals surface area (Å²) in [5, 5.41) is 8.21. The highest BCUT2D eigenvalue weighted by atomic mass is 32.1. The Balaban J connectivity index is 1.93. The SMILES string of the molecule is CC(=O)Nc1ccc(NC(=S)C(=O)Nc2ccccc2)cc1. The van der Waals surface area contributed by atoms with Gasteiger partial charge in [-0.3, -0.25) is 9.59 Å². The Bertz CT molecular complexity index is 684. The van der Waals surface area contributed by atoms with E-state index >= 15 is 0 Å². The van der Waals surface area contributed by atoms with Gasteiger partial charge < -0.3 is 16.0 Å². The molecule has 2 rings (SSSR count). The number of anilines is 3. The second-order valence-electron chi connectivity index (χ2n) is 4.53. The molecule has 0 heterocycles. The van der Waals surface area contributed by atoms with Crippen LogP contribution in [0.1, 0.15) is 6.92 Å². The molecule has 6 heteroatoms. The molecule has 0 aliphatic heterocycles. The third-order valence-electron chi connectivity index (χ3n) is 2.70. The first-order valence-electron chi connectivity index (χ1n) is 6.59. The number of amides is 2. The number of benzene rings is 2. The molecule has 22 heavy (non-hydrogen) atoms. The van der Waals surface area contributed by atoms with Gasteiger partial charge in [-0.1, -0.05) is 30.4 Å². The molecule has 2 aromatic rings. The Morgan fingerprint density at radius 2 is 1.27 bits per heavy atom. The van der Waals surface area contributed by atoms with Crippen LogP contribution in [-0.2, 0) is 9.59 Å². The van der Waals surface area contributed by atoms with Gasteiger partial charge in [0, 0.05) is 24.0 Å². The zero-order valence-corrected chi connectivity index (χ0v) is 12.7. The van der Waals surface area contributed by atoms with E-state index in [1.54, 1.807) is 36.4 Å². The molecule has 0 aromatic heterocycles. The third kappa shape index (κ3) is 4.68. The fourth-order valence-electron chi connectivity index (χ4n) is 1.74. The number of hydrogen-bond acceptors (Lipinski definition) is 3. The number of hydrogen-bond donors (Lipinski definition) is 3. The Kier molecular flexibility index (Phi) is 5.21. The molecule has 0 unspecified atom stereocenters. The number of carbonyl (C=O) groups excluding carboxylic acids is 2. The Morgan fingerprint density at radius 3 is 1.82 bits per heavy atom. The highest BCUT2D eigenvalue weighted by Crippen LogP contribution is 2.14. The lowest BCUT2D eigenvalue weighted by molar-refractivity contribution is -0.114. The van der Waals surface area contributed by atoms with Crippen molar-refractivity contribution in [2.24, 2.45) is 0 Å². The summed E-state index contributed by atoms with van der Waals surface area (Å²) in [5.41, 5.74) is 2.03. The minimum atomic E-state index is -0.382. The van der Waals surface area contributed by atoms with Crippen molar-refractivity contribution in [3.63, 3.8) is 0 Å². The predicted molar refractivity (Wildman–Crippen MR) is 92.0 cm³/mol. The average molecular weight is 313 g/mol. The van der Waals surface area contributed by atoms with Crippen LogP contribution in [0.4, 0.5) is 17.1 Å². The van der Waals surface area contributed by atoms with Crippen LogP contribution >= 0.6 is 12.2 Å². The maximum Gasteiger partial charge on any atom is 0.283 e. The average Bonchev–Trinajstić information content (AvgIpc) is 2.49. The van der Waals surface area contributed by atoms with Crippen LogP contribution in [0.25, 0.3) is 0 Å².